The van der Waals surface area contributed by atoms with Crippen molar-refractivity contribution in [2.75, 3.05) is 13.7 Å². The lowest BCUT2D eigenvalue weighted by Crippen LogP contribution is -2.60. The van der Waals surface area contributed by atoms with Gasteiger partial charge >= 0.3 is 5.97 Å². The van der Waals surface area contributed by atoms with Crippen LogP contribution < -0.4 is 62.9 Å². The van der Waals surface area contributed by atoms with Crippen LogP contribution in [0.25, 0.3) is 11.1 Å². The molecule has 33 nitrogen and oxygen atoms in total. The van der Waals surface area contributed by atoms with Crippen molar-refractivity contribution in [2.45, 2.75) is 150 Å². The molecule has 0 radical (unpaired) electrons. The first-order chi connectivity index (χ1) is 47.7. The number of halogens is 2. The zero-order valence-corrected chi connectivity index (χ0v) is 57.4. The number of hydrogen-bond acceptors (Lipinski definition) is 25. The molecule has 12 rings (SSSR count). The Morgan fingerprint density at radius 3 is 1.93 bits per heavy atom. The van der Waals surface area contributed by atoms with Crippen LogP contribution in [0.2, 0.25) is 0 Å². The molecular weight excluding hydrogens is 1460 g/mol. The van der Waals surface area contributed by atoms with E-state index in [1.54, 1.807) is 0 Å². The summed E-state index contributed by atoms with van der Waals surface area (Å²) in [5, 5.41) is 119. The SMILES string of the molecule is CN[C@H](CC(C)C)C(=O)N[C@H]1C(=O)N[C@@H](CC(N)=O)C(=O)N[C@H]2C(=O)N[C@H]3C(=O)N[C@H](C(=O)N[C@H](C(=O)O)c4cc(O)cc(O)c4-c4cc3ccc4O)[C@H](O[C@H]3C[C@](C)(N)C(=O)[C@H](C)O3)c3ccc(c(Br)c3)Oc3cc2cc(c3O[C@@H]2O[C@H](CO)[C@@H](O)[C@H](O)[C@H]2O)Oc2ccc(cc2Br)[C@H]1O. The quantitative estimate of drug-likeness (QED) is 0.0764. The Kier molecular flexibility index (Phi) is 22.3. The van der Waals surface area contributed by atoms with Gasteiger partial charge in [-0.15, -0.1) is 0 Å². The normalized spacial score (nSPS) is 28.7. The molecule has 101 heavy (non-hydrogen) atoms. The molecule has 7 amide bonds. The lowest BCUT2D eigenvalue weighted by atomic mass is 9.88. The summed E-state index contributed by atoms with van der Waals surface area (Å²) in [4.78, 5) is 132. The van der Waals surface area contributed by atoms with E-state index in [0.29, 0.717) is 0 Å². The van der Waals surface area contributed by atoms with Crippen LogP contribution in [0.15, 0.2) is 87.8 Å². The molecule has 0 aliphatic carbocycles. The molecule has 20 N–H and O–H groups in total. The number of aromatic hydroxyl groups is 3. The standard InChI is InChI=1S/C66H73Br2N9O24/c1-23(2)12-34(71-5)58(88)76-49-51(83)26-7-10-38(32(67)14-26)97-40-16-28-17-41(56(40)101-65-54(86)53(85)52(84)42(22-78)99-65)98-39-11-8-27(15-33(39)68)55(100-44-21-66(4,70)57(87)24(3)96-44)50-63(93)75-48(64(94)95)31-18-29(79)19-37(81)45(31)30-13-25(6-9-36(30)80)46(60(90)77-50)74-61(91)47(28)73-59(89)35(20-43(69)82)72-62(49)92/h6-11,13-19,23-24,34-35,42,44,46-55,65,71,78-81,83-86H,12,20-22,70H2,1-5H3,(H2,69,82)(H,72,92)(H,73,89)(H,74,91)(H,75,93)(H,76,88)(H,77,90)(H,94,95)/t24-,34+,35-,42+,44-,46+,47+,48-,49+,50-,51+,52+,53-,54+,55+,65-,66-/m0/s1. The highest BCUT2D eigenvalue weighted by molar-refractivity contribution is 9.11. The minimum absolute atomic E-state index is 0.0132. The molecule has 0 spiro atoms. The number of likely N-dealkylation sites (N-methyl/N-ethyl adjacent to an activating group) is 1. The van der Waals surface area contributed by atoms with Gasteiger partial charge in [0.25, 0.3) is 0 Å². The van der Waals surface area contributed by atoms with E-state index >= 15 is 19.2 Å². The van der Waals surface area contributed by atoms with Crippen LogP contribution in [0.4, 0.5) is 0 Å². The smallest absolute Gasteiger partial charge is 0.330 e. The largest absolute Gasteiger partial charge is 0.508 e. The number of aliphatic hydroxyl groups is 5. The number of aliphatic hydroxyl groups excluding tert-OH is 5. The molecule has 7 heterocycles. The number of carboxylic acid groups (broad SMARTS) is 1. The van der Waals surface area contributed by atoms with E-state index in [0.717, 1.165) is 42.5 Å². The number of phenolic OH excluding ortho intramolecular Hbond substituents is 3. The average molecular weight is 1540 g/mol. The Bertz CT molecular complexity index is 4130. The molecule has 5 aromatic rings. The lowest BCUT2D eigenvalue weighted by molar-refractivity contribution is -0.277. The number of amides is 7. The number of fused-ring (bicyclic) bond motifs is 15. The average Bonchev–Trinajstić information content (AvgIpc) is 0.770. The van der Waals surface area contributed by atoms with Gasteiger partial charge < -0.3 is 123 Å². The zero-order chi connectivity index (χ0) is 73.5. The molecule has 0 unspecified atom stereocenters. The van der Waals surface area contributed by atoms with Crippen LogP contribution in [-0.4, -0.2) is 186 Å². The number of phenols is 3. The Labute approximate surface area is 590 Å². The third-order valence-electron chi connectivity index (χ3n) is 17.5. The van der Waals surface area contributed by atoms with Gasteiger partial charge in [-0.25, -0.2) is 4.79 Å². The molecular formula is C66H73Br2N9O24. The van der Waals surface area contributed by atoms with E-state index in [-0.39, 0.29) is 49.5 Å². The van der Waals surface area contributed by atoms with Gasteiger partial charge in [0.1, 0.15) is 102 Å². The Hall–Kier alpha value is -9.11. The molecule has 2 saturated heterocycles. The first kappa shape index (κ1) is 74.6. The van der Waals surface area contributed by atoms with Gasteiger partial charge in [0.2, 0.25) is 53.4 Å². The fourth-order valence-corrected chi connectivity index (χ4v) is 13.3. The van der Waals surface area contributed by atoms with Gasteiger partial charge in [-0.1, -0.05) is 32.0 Å². The Morgan fingerprint density at radius 2 is 1.33 bits per heavy atom. The maximum atomic E-state index is 16.1. The molecule has 0 saturated carbocycles. The van der Waals surface area contributed by atoms with Gasteiger partial charge in [-0.2, -0.15) is 0 Å². The number of ketones is 1. The van der Waals surface area contributed by atoms with Gasteiger partial charge in [-0.05, 0) is 142 Å². The van der Waals surface area contributed by atoms with Crippen LogP contribution in [0.1, 0.15) is 105 Å². The lowest BCUT2D eigenvalue weighted by Gasteiger charge is -2.40. The Morgan fingerprint density at radius 1 is 0.713 bits per heavy atom. The summed E-state index contributed by atoms with van der Waals surface area (Å²) in [5.74, 6) is -15.8. The molecule has 7 aliphatic heterocycles. The third kappa shape index (κ3) is 15.8. The monoisotopic (exact) mass is 1530 g/mol. The van der Waals surface area contributed by atoms with E-state index in [1.165, 1.54) is 57.3 Å². The van der Waals surface area contributed by atoms with Crippen molar-refractivity contribution >= 4 is 85.0 Å². The molecule has 5 aromatic carbocycles. The van der Waals surface area contributed by atoms with Crippen molar-refractivity contribution < 1.29 is 118 Å². The number of Topliss-reactive ketones (excluding diaryl/α,β-unsaturated/α-hetero) is 1. The number of ether oxygens (including phenoxy) is 6. The number of nitrogens with one attached hydrogen (secondary N) is 7. The van der Waals surface area contributed by atoms with Gasteiger partial charge in [0.05, 0.1) is 33.6 Å². The third-order valence-corrected chi connectivity index (χ3v) is 18.8. The van der Waals surface area contributed by atoms with Gasteiger partial charge in [-0.3, -0.25) is 38.4 Å². The molecule has 2 fully saturated rings. The highest BCUT2D eigenvalue weighted by Crippen LogP contribution is 2.50. The second kappa shape index (κ2) is 30.2. The predicted molar refractivity (Wildman–Crippen MR) is 354 cm³/mol. The summed E-state index contributed by atoms with van der Waals surface area (Å²) in [6, 6.07) is 0.526. The molecule has 17 atom stereocenters. The van der Waals surface area contributed by atoms with E-state index < -0.39 is 232 Å². The summed E-state index contributed by atoms with van der Waals surface area (Å²) >= 11 is 6.97. The minimum Gasteiger partial charge on any atom is -0.508 e. The summed E-state index contributed by atoms with van der Waals surface area (Å²) < 4.78 is 38.1. The van der Waals surface area contributed by atoms with Crippen LogP contribution in [0, 0.1) is 5.92 Å². The van der Waals surface area contributed by atoms with E-state index in [4.69, 9.17) is 39.9 Å². The second-order valence-corrected chi connectivity index (χ2v) is 27.2. The maximum Gasteiger partial charge on any atom is 0.330 e. The summed E-state index contributed by atoms with van der Waals surface area (Å²) in [6.07, 6.45) is -17.7. The minimum atomic E-state index is -2.31. The summed E-state index contributed by atoms with van der Waals surface area (Å²) in [5.41, 5.74) is 8.16. The van der Waals surface area contributed by atoms with Gasteiger partial charge in [0, 0.05) is 29.2 Å². The fourth-order valence-electron chi connectivity index (χ4n) is 12.4. The van der Waals surface area contributed by atoms with Crippen LogP contribution in [0.3, 0.4) is 0 Å². The molecule has 35 heteroatoms. The van der Waals surface area contributed by atoms with Crippen molar-refractivity contribution in [1.29, 1.82) is 0 Å². The first-order valence-electron chi connectivity index (χ1n) is 31.5. The highest BCUT2D eigenvalue weighted by atomic mass is 79.9. The van der Waals surface area contributed by atoms with Crippen molar-refractivity contribution in [3.8, 4) is 57.1 Å². The first-order valence-corrected chi connectivity index (χ1v) is 33.1. The number of primary amides is 1. The number of nitrogens with two attached hydrogens (primary N) is 2. The number of carboxylic acids is 1. The highest BCUT2D eigenvalue weighted by Gasteiger charge is 2.49. The number of aliphatic carboxylic acids is 1. The summed E-state index contributed by atoms with van der Waals surface area (Å²) in [7, 11) is 1.48. The molecule has 11 bridgehead atoms. The fraction of sp³-hybridized carbons (Fsp3) is 0.409. The maximum absolute atomic E-state index is 16.1. The van der Waals surface area contributed by atoms with Crippen molar-refractivity contribution in [3.63, 3.8) is 0 Å². The number of benzene rings is 5. The van der Waals surface area contributed by atoms with E-state index in [1.807, 2.05) is 13.8 Å². The Balaban J connectivity index is 1.26. The van der Waals surface area contributed by atoms with Gasteiger partial charge in [0.15, 0.2) is 29.6 Å². The predicted octanol–water partition coefficient (Wildman–Crippen LogP) is 0.533. The van der Waals surface area contributed by atoms with E-state index in [9.17, 15) is 69.9 Å². The molecule has 0 aromatic heterocycles. The van der Waals surface area contributed by atoms with Crippen LogP contribution in [0.5, 0.6) is 46.0 Å². The van der Waals surface area contributed by atoms with Crippen molar-refractivity contribution in [2.24, 2.45) is 17.4 Å². The molecule has 540 valence electrons. The number of carbonyl (C=O) groups excluding carboxylic acids is 8. The van der Waals surface area contributed by atoms with Crippen LogP contribution >= 0.6 is 31.9 Å². The second-order valence-electron chi connectivity index (χ2n) is 25.5. The van der Waals surface area contributed by atoms with Crippen molar-refractivity contribution in [3.05, 3.63) is 116 Å². The van der Waals surface area contributed by atoms with Crippen LogP contribution in [-0.2, 0) is 57.4 Å². The zero-order valence-electron chi connectivity index (χ0n) is 54.2. The van der Waals surface area contributed by atoms with E-state index in [2.05, 4.69) is 69.1 Å². The van der Waals surface area contributed by atoms with Crippen molar-refractivity contribution in [1.82, 2.24) is 37.2 Å². The summed E-state index contributed by atoms with van der Waals surface area (Å²) in [6.45, 7) is 5.48. The number of rotatable bonds is 13. The topological polar surface area (TPSA) is 527 Å². The number of hydrogen-bond donors (Lipinski definition) is 18. The molecule has 7 aliphatic rings. The number of carbonyl (C=O) groups is 9.